The number of hydrogen-bond donors (Lipinski definition) is 1. The molecule has 0 saturated carbocycles. The fraction of sp³-hybridized carbons (Fsp3) is 0.900. The predicted molar refractivity (Wildman–Crippen MR) is 73.4 cm³/mol. The lowest BCUT2D eigenvalue weighted by Gasteiger charge is -2.36. The second-order valence-corrected chi connectivity index (χ2v) is 7.43. The molecule has 1 rings (SSSR count). The fourth-order valence-electron chi connectivity index (χ4n) is 1.94. The average molecular weight is 279 g/mol. The van der Waals surface area contributed by atoms with Crippen LogP contribution in [0.1, 0.15) is 19.8 Å². The summed E-state index contributed by atoms with van der Waals surface area (Å²) in [7, 11) is 0.553. The van der Waals surface area contributed by atoms with E-state index in [2.05, 4.69) is 4.90 Å². The summed E-state index contributed by atoms with van der Waals surface area (Å²) >= 11 is 4.78. The van der Waals surface area contributed by atoms with Crippen molar-refractivity contribution in [3.05, 3.63) is 0 Å². The van der Waals surface area contributed by atoms with E-state index >= 15 is 0 Å². The zero-order valence-electron chi connectivity index (χ0n) is 10.6. The van der Waals surface area contributed by atoms with Gasteiger partial charge in [0.15, 0.2) is 0 Å². The number of thiocarbonyl (C=S) groups is 1. The topological polar surface area (TPSA) is 66.6 Å². The Bertz CT molecular complexity index is 381. The SMILES string of the molecule is CC(C(N)=S)S(=O)(=O)N1CCCC(N(C)C)C1. The number of rotatable bonds is 4. The maximum Gasteiger partial charge on any atom is 0.223 e. The third-order valence-electron chi connectivity index (χ3n) is 3.30. The molecule has 0 aromatic carbocycles. The zero-order valence-corrected chi connectivity index (χ0v) is 12.2. The normalized spacial score (nSPS) is 24.8. The first-order chi connectivity index (χ1) is 7.76. The Hall–Kier alpha value is -0.240. The third kappa shape index (κ3) is 3.37. The van der Waals surface area contributed by atoms with Gasteiger partial charge >= 0.3 is 0 Å². The van der Waals surface area contributed by atoms with Gasteiger partial charge in [-0.05, 0) is 33.9 Å². The summed E-state index contributed by atoms with van der Waals surface area (Å²) in [4.78, 5) is 2.10. The summed E-state index contributed by atoms with van der Waals surface area (Å²) < 4.78 is 26.0. The average Bonchev–Trinajstić information content (AvgIpc) is 2.28. The van der Waals surface area contributed by atoms with Gasteiger partial charge in [0.2, 0.25) is 10.0 Å². The highest BCUT2D eigenvalue weighted by Gasteiger charge is 2.34. The Morgan fingerprint density at radius 1 is 1.53 bits per heavy atom. The van der Waals surface area contributed by atoms with Crippen molar-refractivity contribution in [1.29, 1.82) is 0 Å². The van der Waals surface area contributed by atoms with Crippen molar-refractivity contribution in [2.75, 3.05) is 27.2 Å². The maximum absolute atomic E-state index is 12.2. The number of hydrogen-bond acceptors (Lipinski definition) is 4. The zero-order chi connectivity index (χ0) is 13.2. The van der Waals surface area contributed by atoms with Gasteiger partial charge in [0.05, 0.1) is 4.99 Å². The van der Waals surface area contributed by atoms with Crippen LogP contribution in [-0.2, 0) is 10.0 Å². The van der Waals surface area contributed by atoms with Gasteiger partial charge in [-0.1, -0.05) is 12.2 Å². The Morgan fingerprint density at radius 2 is 2.12 bits per heavy atom. The first kappa shape index (κ1) is 14.8. The first-order valence-corrected chi connectivity index (χ1v) is 7.62. The molecule has 7 heteroatoms. The molecule has 0 aromatic rings. The van der Waals surface area contributed by atoms with E-state index in [1.54, 1.807) is 6.92 Å². The van der Waals surface area contributed by atoms with Crippen molar-refractivity contribution in [3.63, 3.8) is 0 Å². The van der Waals surface area contributed by atoms with Gasteiger partial charge in [-0.25, -0.2) is 8.42 Å². The lowest BCUT2D eigenvalue weighted by atomic mass is 10.1. The van der Waals surface area contributed by atoms with Crippen LogP contribution in [0.4, 0.5) is 0 Å². The molecule has 0 aliphatic carbocycles. The molecule has 0 amide bonds. The molecule has 1 aliphatic heterocycles. The van der Waals surface area contributed by atoms with Crippen LogP contribution in [0.5, 0.6) is 0 Å². The van der Waals surface area contributed by atoms with E-state index in [9.17, 15) is 8.42 Å². The van der Waals surface area contributed by atoms with Crippen LogP contribution >= 0.6 is 12.2 Å². The van der Waals surface area contributed by atoms with Crippen LogP contribution in [0.25, 0.3) is 0 Å². The van der Waals surface area contributed by atoms with Crippen molar-refractivity contribution in [2.24, 2.45) is 5.73 Å². The molecule has 0 aromatic heterocycles. The Morgan fingerprint density at radius 3 is 2.59 bits per heavy atom. The smallest absolute Gasteiger partial charge is 0.223 e. The van der Waals surface area contributed by atoms with E-state index < -0.39 is 15.3 Å². The lowest BCUT2D eigenvalue weighted by Crippen LogP contribution is -2.51. The van der Waals surface area contributed by atoms with Crippen molar-refractivity contribution in [2.45, 2.75) is 31.1 Å². The van der Waals surface area contributed by atoms with Crippen LogP contribution in [0.15, 0.2) is 0 Å². The summed E-state index contributed by atoms with van der Waals surface area (Å²) in [6.45, 7) is 2.65. The number of nitrogens with zero attached hydrogens (tertiary/aromatic N) is 2. The molecule has 1 heterocycles. The number of likely N-dealkylation sites (N-methyl/N-ethyl adjacent to an activating group) is 1. The summed E-state index contributed by atoms with van der Waals surface area (Å²) in [5.41, 5.74) is 5.44. The minimum absolute atomic E-state index is 0.0389. The van der Waals surface area contributed by atoms with Crippen LogP contribution < -0.4 is 5.73 Å². The molecule has 17 heavy (non-hydrogen) atoms. The Labute approximate surface area is 109 Å². The summed E-state index contributed by atoms with van der Waals surface area (Å²) in [6, 6.07) is 0.275. The van der Waals surface area contributed by atoms with Crippen LogP contribution in [0, 0.1) is 0 Å². The molecular weight excluding hydrogens is 258 g/mol. The van der Waals surface area contributed by atoms with Gasteiger partial charge in [0, 0.05) is 19.1 Å². The Kier molecular flexibility index (Phi) is 4.88. The third-order valence-corrected chi connectivity index (χ3v) is 6.00. The van der Waals surface area contributed by atoms with Crippen molar-refractivity contribution >= 4 is 27.2 Å². The van der Waals surface area contributed by atoms with Crippen LogP contribution in [0.3, 0.4) is 0 Å². The largest absolute Gasteiger partial charge is 0.392 e. The molecule has 100 valence electrons. The van der Waals surface area contributed by atoms with E-state index in [-0.39, 0.29) is 11.0 Å². The number of piperidine rings is 1. The van der Waals surface area contributed by atoms with Gasteiger partial charge in [0.1, 0.15) is 5.25 Å². The molecule has 0 spiro atoms. The van der Waals surface area contributed by atoms with E-state index in [1.165, 1.54) is 4.31 Å². The monoisotopic (exact) mass is 279 g/mol. The molecule has 5 nitrogen and oxygen atoms in total. The van der Waals surface area contributed by atoms with Crippen LogP contribution in [-0.4, -0.2) is 61.1 Å². The van der Waals surface area contributed by atoms with E-state index in [0.29, 0.717) is 13.1 Å². The van der Waals surface area contributed by atoms with E-state index in [4.69, 9.17) is 18.0 Å². The molecule has 1 saturated heterocycles. The Balaban J connectivity index is 2.82. The summed E-state index contributed by atoms with van der Waals surface area (Å²) in [5, 5.41) is -0.779. The summed E-state index contributed by atoms with van der Waals surface area (Å²) in [6.07, 6.45) is 1.91. The predicted octanol–water partition coefficient (Wildman–Crippen LogP) is 0.0168. The molecule has 1 fully saturated rings. The molecule has 1 aliphatic rings. The van der Waals surface area contributed by atoms with Gasteiger partial charge in [0.25, 0.3) is 0 Å². The second kappa shape index (κ2) is 5.60. The van der Waals surface area contributed by atoms with E-state index in [1.807, 2.05) is 14.1 Å². The molecule has 2 N–H and O–H groups in total. The minimum atomic E-state index is -3.39. The van der Waals surface area contributed by atoms with Gasteiger partial charge in [-0.3, -0.25) is 0 Å². The van der Waals surface area contributed by atoms with E-state index in [0.717, 1.165) is 12.8 Å². The molecule has 2 unspecified atom stereocenters. The highest BCUT2D eigenvalue weighted by Crippen LogP contribution is 2.19. The minimum Gasteiger partial charge on any atom is -0.392 e. The lowest BCUT2D eigenvalue weighted by molar-refractivity contribution is 0.190. The van der Waals surface area contributed by atoms with Crippen LogP contribution in [0.2, 0.25) is 0 Å². The second-order valence-electron chi connectivity index (χ2n) is 4.71. The number of sulfonamides is 1. The first-order valence-electron chi connectivity index (χ1n) is 5.71. The van der Waals surface area contributed by atoms with Crippen molar-refractivity contribution < 1.29 is 8.42 Å². The quantitative estimate of drug-likeness (QED) is 0.735. The van der Waals surface area contributed by atoms with Gasteiger partial charge in [-0.2, -0.15) is 4.31 Å². The molecule has 2 atom stereocenters. The van der Waals surface area contributed by atoms with Crippen molar-refractivity contribution in [3.8, 4) is 0 Å². The highest BCUT2D eigenvalue weighted by atomic mass is 32.2. The number of nitrogens with two attached hydrogens (primary N) is 1. The van der Waals surface area contributed by atoms with Gasteiger partial charge < -0.3 is 10.6 Å². The van der Waals surface area contributed by atoms with Crippen molar-refractivity contribution in [1.82, 2.24) is 9.21 Å². The molecule has 0 radical (unpaired) electrons. The van der Waals surface area contributed by atoms with Gasteiger partial charge in [-0.15, -0.1) is 0 Å². The molecular formula is C10H21N3O2S2. The molecule has 0 bridgehead atoms. The fourth-order valence-corrected chi connectivity index (χ4v) is 3.81. The highest BCUT2D eigenvalue weighted by molar-refractivity contribution is 7.92. The maximum atomic E-state index is 12.2. The standard InChI is InChI=1S/C10H21N3O2S2/c1-8(10(11)16)17(14,15)13-6-4-5-9(7-13)12(2)3/h8-9H,4-7H2,1-3H3,(H2,11,16). The summed E-state index contributed by atoms with van der Waals surface area (Å²) in [5.74, 6) is 0.